The van der Waals surface area contributed by atoms with Gasteiger partial charge >= 0.3 is 0 Å². The largest absolute Gasteiger partial charge is 0.270 e. The van der Waals surface area contributed by atoms with Crippen molar-refractivity contribution in [1.82, 2.24) is 4.98 Å². The summed E-state index contributed by atoms with van der Waals surface area (Å²) in [6.45, 7) is 1.70. The molecule has 110 valence electrons. The topological polar surface area (TPSA) is 102 Å². The maximum atomic E-state index is 12.2. The van der Waals surface area contributed by atoms with E-state index < -0.39 is 14.9 Å². The number of nitrogens with one attached hydrogen (secondary N) is 1. The summed E-state index contributed by atoms with van der Waals surface area (Å²) in [6, 6.07) is 6.52. The summed E-state index contributed by atoms with van der Waals surface area (Å²) in [4.78, 5) is 13.8. The van der Waals surface area contributed by atoms with Crippen molar-refractivity contribution in [1.29, 1.82) is 0 Å². The van der Waals surface area contributed by atoms with Crippen molar-refractivity contribution in [2.24, 2.45) is 0 Å². The van der Waals surface area contributed by atoms with E-state index >= 15 is 0 Å². The first kappa shape index (κ1) is 15.4. The number of hydrogen-bond donors (Lipinski definition) is 1. The predicted octanol–water partition coefficient (Wildman–Crippen LogP) is 2.86. The second-order valence-corrected chi connectivity index (χ2v) is 6.78. The quantitative estimate of drug-likeness (QED) is 0.657. The molecule has 7 nitrogen and oxygen atoms in total. The molecule has 21 heavy (non-hydrogen) atoms. The fourth-order valence-corrected chi connectivity index (χ4v) is 3.16. The molecule has 0 aliphatic rings. The number of aryl methyl sites for hydroxylation is 1. The van der Waals surface area contributed by atoms with Crippen molar-refractivity contribution in [3.8, 4) is 0 Å². The van der Waals surface area contributed by atoms with Crippen LogP contribution in [0, 0.1) is 17.0 Å². The average Bonchev–Trinajstić information content (AvgIpc) is 2.42. The number of non-ortho nitro benzene ring substituents is 1. The molecule has 0 amide bonds. The summed E-state index contributed by atoms with van der Waals surface area (Å²) in [5.74, 6) is 0.171. The monoisotopic (exact) mass is 371 g/mol. The van der Waals surface area contributed by atoms with Gasteiger partial charge in [-0.2, -0.15) is 0 Å². The Labute approximate surface area is 129 Å². The first-order valence-corrected chi connectivity index (χ1v) is 7.96. The van der Waals surface area contributed by atoms with E-state index in [1.165, 1.54) is 24.4 Å². The van der Waals surface area contributed by atoms with Gasteiger partial charge in [0, 0.05) is 22.8 Å². The van der Waals surface area contributed by atoms with Crippen LogP contribution in [-0.4, -0.2) is 18.3 Å². The molecule has 1 heterocycles. The zero-order valence-corrected chi connectivity index (χ0v) is 13.2. The van der Waals surface area contributed by atoms with Crippen LogP contribution in [0.15, 0.2) is 45.9 Å². The highest BCUT2D eigenvalue weighted by Gasteiger charge is 2.19. The minimum absolute atomic E-state index is 0.171. The van der Waals surface area contributed by atoms with Crippen LogP contribution in [0.2, 0.25) is 0 Å². The zero-order chi connectivity index (χ0) is 15.6. The highest BCUT2D eigenvalue weighted by Crippen LogP contribution is 2.22. The van der Waals surface area contributed by atoms with Gasteiger partial charge in [-0.1, -0.05) is 6.07 Å². The first-order valence-electron chi connectivity index (χ1n) is 5.69. The van der Waals surface area contributed by atoms with Crippen molar-refractivity contribution in [3.63, 3.8) is 0 Å². The smallest absolute Gasteiger partial charge is 0.263 e. The number of nitro groups is 1. The standard InChI is InChI=1S/C12H10BrN3O4S/c1-8-5-9(13)7-14-12(8)15-21(19,20)11-4-2-3-10(6-11)16(17)18/h2-7H,1H3,(H,14,15). The summed E-state index contributed by atoms with van der Waals surface area (Å²) in [7, 11) is -3.94. The Morgan fingerprint density at radius 1 is 1.33 bits per heavy atom. The fraction of sp³-hybridized carbons (Fsp3) is 0.0833. The molecule has 2 rings (SSSR count). The molecule has 0 aliphatic carbocycles. The summed E-state index contributed by atoms with van der Waals surface area (Å²) >= 11 is 3.23. The number of sulfonamides is 1. The van der Waals surface area contributed by atoms with Crippen molar-refractivity contribution < 1.29 is 13.3 Å². The van der Waals surface area contributed by atoms with Gasteiger partial charge in [0.1, 0.15) is 5.82 Å². The van der Waals surface area contributed by atoms with E-state index in [1.807, 2.05) is 0 Å². The van der Waals surface area contributed by atoms with E-state index in [9.17, 15) is 18.5 Å². The van der Waals surface area contributed by atoms with Crippen LogP contribution in [0.3, 0.4) is 0 Å². The highest BCUT2D eigenvalue weighted by atomic mass is 79.9. The Balaban J connectivity index is 2.38. The predicted molar refractivity (Wildman–Crippen MR) is 80.6 cm³/mol. The van der Waals surface area contributed by atoms with E-state index in [0.29, 0.717) is 5.56 Å². The number of anilines is 1. The normalized spacial score (nSPS) is 11.1. The van der Waals surface area contributed by atoms with Crippen LogP contribution >= 0.6 is 15.9 Å². The van der Waals surface area contributed by atoms with Gasteiger partial charge in [-0.25, -0.2) is 13.4 Å². The van der Waals surface area contributed by atoms with Crippen LogP contribution in [0.4, 0.5) is 11.5 Å². The Bertz CT molecular complexity index is 808. The lowest BCUT2D eigenvalue weighted by atomic mass is 10.3. The third-order valence-electron chi connectivity index (χ3n) is 2.61. The molecular weight excluding hydrogens is 362 g/mol. The average molecular weight is 372 g/mol. The summed E-state index contributed by atoms with van der Waals surface area (Å²) in [5.41, 5.74) is 0.330. The van der Waals surface area contributed by atoms with E-state index in [1.54, 1.807) is 13.0 Å². The molecule has 0 saturated carbocycles. The van der Waals surface area contributed by atoms with Crippen LogP contribution in [0.25, 0.3) is 0 Å². The maximum Gasteiger partial charge on any atom is 0.270 e. The first-order chi connectivity index (χ1) is 9.79. The van der Waals surface area contributed by atoms with Crippen LogP contribution in [0.1, 0.15) is 5.56 Å². The van der Waals surface area contributed by atoms with Gasteiger partial charge in [0.15, 0.2) is 0 Å². The number of halogens is 1. The number of benzene rings is 1. The lowest BCUT2D eigenvalue weighted by Crippen LogP contribution is -2.15. The number of aromatic nitrogens is 1. The minimum atomic E-state index is -3.94. The van der Waals surface area contributed by atoms with Gasteiger partial charge in [-0.3, -0.25) is 14.8 Å². The van der Waals surface area contributed by atoms with Crippen molar-refractivity contribution in [2.75, 3.05) is 4.72 Å². The van der Waals surface area contributed by atoms with Gasteiger partial charge in [-0.05, 0) is 40.5 Å². The third kappa shape index (κ3) is 3.56. The summed E-state index contributed by atoms with van der Waals surface area (Å²) in [5, 5.41) is 10.7. The van der Waals surface area contributed by atoms with E-state index in [2.05, 4.69) is 25.6 Å². The number of pyridine rings is 1. The molecular formula is C12H10BrN3O4S. The molecule has 0 bridgehead atoms. The lowest BCUT2D eigenvalue weighted by Gasteiger charge is -2.09. The molecule has 0 aliphatic heterocycles. The van der Waals surface area contributed by atoms with Crippen molar-refractivity contribution in [3.05, 3.63) is 56.7 Å². The van der Waals surface area contributed by atoms with Crippen molar-refractivity contribution >= 4 is 37.5 Å². The summed E-state index contributed by atoms with van der Waals surface area (Å²) in [6.07, 6.45) is 1.46. The van der Waals surface area contributed by atoms with Gasteiger partial charge in [0.25, 0.3) is 15.7 Å². The van der Waals surface area contributed by atoms with Crippen LogP contribution < -0.4 is 4.72 Å². The molecule has 0 fully saturated rings. The summed E-state index contributed by atoms with van der Waals surface area (Å²) < 4.78 is 27.5. The molecule has 0 radical (unpaired) electrons. The Kier molecular flexibility index (Phi) is 4.24. The second-order valence-electron chi connectivity index (χ2n) is 4.18. The van der Waals surface area contributed by atoms with E-state index in [0.717, 1.165) is 10.5 Å². The minimum Gasteiger partial charge on any atom is -0.263 e. The van der Waals surface area contributed by atoms with E-state index in [-0.39, 0.29) is 16.4 Å². The van der Waals surface area contributed by atoms with Gasteiger partial charge < -0.3 is 0 Å². The number of nitrogens with zero attached hydrogens (tertiary/aromatic N) is 2. The molecule has 9 heteroatoms. The number of rotatable bonds is 4. The van der Waals surface area contributed by atoms with Crippen LogP contribution in [-0.2, 0) is 10.0 Å². The third-order valence-corrected chi connectivity index (χ3v) is 4.38. The molecule has 0 atom stereocenters. The van der Waals surface area contributed by atoms with Crippen molar-refractivity contribution in [2.45, 2.75) is 11.8 Å². The number of nitro benzene ring substituents is 1. The Hall–Kier alpha value is -2.00. The molecule has 1 N–H and O–H groups in total. The van der Waals surface area contributed by atoms with Crippen LogP contribution in [0.5, 0.6) is 0 Å². The molecule has 0 saturated heterocycles. The van der Waals surface area contributed by atoms with Gasteiger partial charge in [0.2, 0.25) is 0 Å². The SMILES string of the molecule is Cc1cc(Br)cnc1NS(=O)(=O)c1cccc([N+](=O)[O-])c1. The van der Waals surface area contributed by atoms with Gasteiger partial charge in [-0.15, -0.1) is 0 Å². The Morgan fingerprint density at radius 3 is 2.67 bits per heavy atom. The second kappa shape index (κ2) is 5.78. The molecule has 2 aromatic rings. The lowest BCUT2D eigenvalue weighted by molar-refractivity contribution is -0.385. The molecule has 0 unspecified atom stereocenters. The molecule has 0 spiro atoms. The molecule has 1 aromatic heterocycles. The Morgan fingerprint density at radius 2 is 2.05 bits per heavy atom. The zero-order valence-electron chi connectivity index (χ0n) is 10.8. The number of hydrogen-bond acceptors (Lipinski definition) is 5. The van der Waals surface area contributed by atoms with E-state index in [4.69, 9.17) is 0 Å². The maximum absolute atomic E-state index is 12.2. The fourth-order valence-electron chi connectivity index (χ4n) is 1.60. The molecule has 1 aromatic carbocycles. The highest BCUT2D eigenvalue weighted by molar-refractivity contribution is 9.10. The van der Waals surface area contributed by atoms with Gasteiger partial charge in [0.05, 0.1) is 9.82 Å².